The minimum absolute atomic E-state index is 0.0131. The number of hydrogen-bond donors (Lipinski definition) is 1. The summed E-state index contributed by atoms with van der Waals surface area (Å²) in [6.07, 6.45) is 3.61. The van der Waals surface area contributed by atoms with Gasteiger partial charge in [-0.25, -0.2) is 4.98 Å². The number of carbonyl (C=O) groups excluding carboxylic acids is 1. The van der Waals surface area contributed by atoms with Crippen LogP contribution in [0.1, 0.15) is 68.1 Å². The second kappa shape index (κ2) is 10.6. The lowest BCUT2D eigenvalue weighted by Gasteiger charge is -2.41. The molecule has 0 amide bonds. The lowest BCUT2D eigenvalue weighted by atomic mass is 9.92. The molecule has 1 aromatic carbocycles. The van der Waals surface area contributed by atoms with Crippen LogP contribution in [0, 0.1) is 6.92 Å². The minimum Gasteiger partial charge on any atom is -0.434 e. The Morgan fingerprint density at radius 3 is 2.66 bits per heavy atom. The molecule has 1 fully saturated rings. The van der Waals surface area contributed by atoms with Crippen LogP contribution in [0.4, 0.5) is 5.82 Å². The van der Waals surface area contributed by atoms with E-state index in [4.69, 9.17) is 24.3 Å². The molecule has 1 N–H and O–H groups in total. The van der Waals surface area contributed by atoms with E-state index in [2.05, 4.69) is 30.0 Å². The van der Waals surface area contributed by atoms with Crippen LogP contribution < -0.4 is 4.90 Å². The highest BCUT2D eigenvalue weighted by Gasteiger charge is 2.34. The van der Waals surface area contributed by atoms with E-state index in [-0.39, 0.29) is 12.0 Å². The van der Waals surface area contributed by atoms with Gasteiger partial charge in [0.25, 0.3) is 0 Å². The molecule has 4 bridgehead atoms. The molecular formula is C29H38N4O5. The Kier molecular flexibility index (Phi) is 7.44. The summed E-state index contributed by atoms with van der Waals surface area (Å²) < 4.78 is 19.6. The number of nitrogens with zero attached hydrogens (tertiary/aromatic N) is 4. The molecule has 9 nitrogen and oxygen atoms in total. The molecule has 204 valence electrons. The zero-order valence-corrected chi connectivity index (χ0v) is 22.8. The SMILES string of the molecule is Cc1nc2cc3nn2c(c1CC(=O)OC(C)(C)O)N1CCC(C)(CC1)OCCCc1ccccc1COC3. The second-order valence-corrected chi connectivity index (χ2v) is 11.2. The first-order chi connectivity index (χ1) is 18.1. The Bertz CT molecular complexity index is 1300. The summed E-state index contributed by atoms with van der Waals surface area (Å²) in [5, 5.41) is 14.9. The first-order valence-electron chi connectivity index (χ1n) is 13.5. The number of aliphatic hydroxyl groups is 1. The average Bonchev–Trinajstić information content (AvgIpc) is 3.24. The number of aromatic nitrogens is 3. The largest absolute Gasteiger partial charge is 0.434 e. The van der Waals surface area contributed by atoms with Gasteiger partial charge in [0.2, 0.25) is 5.79 Å². The molecule has 0 spiro atoms. The van der Waals surface area contributed by atoms with Gasteiger partial charge in [-0.05, 0) is 50.7 Å². The van der Waals surface area contributed by atoms with Gasteiger partial charge in [-0.3, -0.25) is 4.79 Å². The number of anilines is 1. The monoisotopic (exact) mass is 522 g/mol. The fourth-order valence-electron chi connectivity index (χ4n) is 5.37. The van der Waals surface area contributed by atoms with Crippen molar-refractivity contribution in [2.24, 2.45) is 0 Å². The van der Waals surface area contributed by atoms with E-state index in [1.54, 1.807) is 0 Å². The number of benzene rings is 1. The van der Waals surface area contributed by atoms with E-state index in [0.717, 1.165) is 61.5 Å². The summed E-state index contributed by atoms with van der Waals surface area (Å²) in [6.45, 7) is 10.1. The smallest absolute Gasteiger partial charge is 0.312 e. The third kappa shape index (κ3) is 6.00. The van der Waals surface area contributed by atoms with Gasteiger partial charge < -0.3 is 24.2 Å². The van der Waals surface area contributed by atoms with Gasteiger partial charge in [-0.15, -0.1) is 0 Å². The molecular weight excluding hydrogens is 484 g/mol. The third-order valence-corrected chi connectivity index (χ3v) is 7.40. The zero-order valence-electron chi connectivity index (χ0n) is 22.8. The second-order valence-electron chi connectivity index (χ2n) is 11.2. The predicted molar refractivity (Wildman–Crippen MR) is 143 cm³/mol. The van der Waals surface area contributed by atoms with Crippen molar-refractivity contribution in [2.45, 2.75) is 84.4 Å². The number of rotatable bonds is 3. The summed E-state index contributed by atoms with van der Waals surface area (Å²) in [6, 6.07) is 10.4. The number of ether oxygens (including phenoxy) is 3. The van der Waals surface area contributed by atoms with Crippen molar-refractivity contribution in [2.75, 3.05) is 24.6 Å². The maximum absolute atomic E-state index is 12.8. The first kappa shape index (κ1) is 26.6. The van der Waals surface area contributed by atoms with E-state index in [9.17, 15) is 9.90 Å². The summed E-state index contributed by atoms with van der Waals surface area (Å²) in [4.78, 5) is 19.8. The summed E-state index contributed by atoms with van der Waals surface area (Å²) >= 11 is 0. The zero-order chi connectivity index (χ0) is 26.9. The van der Waals surface area contributed by atoms with Gasteiger partial charge in [0, 0.05) is 50.9 Å². The summed E-state index contributed by atoms with van der Waals surface area (Å²) in [5.41, 5.74) is 5.24. The van der Waals surface area contributed by atoms with Crippen molar-refractivity contribution in [3.05, 3.63) is 58.4 Å². The highest BCUT2D eigenvalue weighted by molar-refractivity contribution is 5.76. The van der Waals surface area contributed by atoms with Crippen LogP contribution in [0.3, 0.4) is 0 Å². The standard InChI is InChI=1S/C29H38N4O5/c1-20-24(17-26(34)38-28(2,3)35)27-32-13-11-29(4,12-14-32)37-15-7-10-21-8-5-6-9-22(21)18-36-19-23-16-25(30-20)33(27)31-23/h5-6,8-9,16,35H,7,10-15,17-19H2,1-4H3. The molecule has 5 heterocycles. The highest BCUT2D eigenvalue weighted by atomic mass is 16.7. The first-order valence-corrected chi connectivity index (χ1v) is 13.5. The van der Waals surface area contributed by atoms with Crippen molar-refractivity contribution in [1.82, 2.24) is 14.6 Å². The Morgan fingerprint density at radius 2 is 1.92 bits per heavy atom. The molecule has 9 heteroatoms. The van der Waals surface area contributed by atoms with E-state index in [1.165, 1.54) is 25.0 Å². The fraction of sp³-hybridized carbons (Fsp3) is 0.552. The maximum atomic E-state index is 12.8. The number of fused-ring (bicyclic) bond motifs is 7. The average molecular weight is 523 g/mol. The molecule has 0 radical (unpaired) electrons. The molecule has 3 aliphatic rings. The van der Waals surface area contributed by atoms with Crippen LogP contribution in [0.15, 0.2) is 30.3 Å². The van der Waals surface area contributed by atoms with Gasteiger partial charge in [0.15, 0.2) is 5.65 Å². The minimum atomic E-state index is -1.55. The molecule has 0 aliphatic carbocycles. The lowest BCUT2D eigenvalue weighted by molar-refractivity contribution is -0.194. The van der Waals surface area contributed by atoms with E-state index < -0.39 is 11.8 Å². The Morgan fingerprint density at radius 1 is 1.18 bits per heavy atom. The normalized spacial score (nSPS) is 18.4. The number of hydrogen-bond acceptors (Lipinski definition) is 8. The molecule has 0 unspecified atom stereocenters. The number of aryl methyl sites for hydroxylation is 2. The Balaban J connectivity index is 1.52. The predicted octanol–water partition coefficient (Wildman–Crippen LogP) is 3.89. The Labute approximate surface area is 223 Å². The molecule has 0 saturated carbocycles. The van der Waals surface area contributed by atoms with Crippen molar-refractivity contribution in [3.8, 4) is 0 Å². The van der Waals surface area contributed by atoms with Crippen LogP contribution in [-0.2, 0) is 45.1 Å². The van der Waals surface area contributed by atoms with Crippen molar-refractivity contribution in [1.29, 1.82) is 0 Å². The number of carbonyl (C=O) groups is 1. The van der Waals surface area contributed by atoms with E-state index >= 15 is 0 Å². The molecule has 2 aromatic heterocycles. The van der Waals surface area contributed by atoms with Gasteiger partial charge in [0.1, 0.15) is 5.82 Å². The summed E-state index contributed by atoms with van der Waals surface area (Å²) in [7, 11) is 0. The van der Waals surface area contributed by atoms with Crippen LogP contribution in [0.5, 0.6) is 0 Å². The quantitative estimate of drug-likeness (QED) is 0.409. The molecule has 38 heavy (non-hydrogen) atoms. The van der Waals surface area contributed by atoms with Crippen molar-refractivity contribution >= 4 is 17.4 Å². The van der Waals surface area contributed by atoms with Gasteiger partial charge in [-0.2, -0.15) is 9.61 Å². The lowest BCUT2D eigenvalue weighted by Crippen LogP contribution is -2.45. The third-order valence-electron chi connectivity index (χ3n) is 7.40. The number of esters is 1. The van der Waals surface area contributed by atoms with Crippen LogP contribution >= 0.6 is 0 Å². The van der Waals surface area contributed by atoms with Gasteiger partial charge in [0.05, 0.1) is 30.9 Å². The van der Waals surface area contributed by atoms with Crippen molar-refractivity contribution < 1.29 is 24.1 Å². The fourth-order valence-corrected chi connectivity index (χ4v) is 5.37. The van der Waals surface area contributed by atoms with Crippen LogP contribution in [-0.4, -0.2) is 56.8 Å². The molecule has 3 aliphatic heterocycles. The van der Waals surface area contributed by atoms with Crippen molar-refractivity contribution in [3.63, 3.8) is 0 Å². The van der Waals surface area contributed by atoms with Gasteiger partial charge in [-0.1, -0.05) is 24.3 Å². The molecule has 6 rings (SSSR count). The highest BCUT2D eigenvalue weighted by Crippen LogP contribution is 2.33. The molecule has 1 saturated heterocycles. The van der Waals surface area contributed by atoms with E-state index in [1.807, 2.05) is 23.6 Å². The van der Waals surface area contributed by atoms with Crippen LogP contribution in [0.25, 0.3) is 5.65 Å². The number of piperidine rings is 1. The Hall–Kier alpha value is -3.01. The van der Waals surface area contributed by atoms with E-state index in [0.29, 0.717) is 25.5 Å². The van der Waals surface area contributed by atoms with Crippen LogP contribution in [0.2, 0.25) is 0 Å². The summed E-state index contributed by atoms with van der Waals surface area (Å²) in [5.74, 6) is -1.23. The topological polar surface area (TPSA) is 98.4 Å². The maximum Gasteiger partial charge on any atom is 0.312 e. The molecule has 0 atom stereocenters. The molecule has 3 aromatic rings. The van der Waals surface area contributed by atoms with Gasteiger partial charge >= 0.3 is 5.97 Å².